The summed E-state index contributed by atoms with van der Waals surface area (Å²) in [5.74, 6) is 0.848. The molecule has 0 bridgehead atoms. The maximum atomic E-state index is 4.86. The summed E-state index contributed by atoms with van der Waals surface area (Å²) < 4.78 is 1.31. The number of nitrogens with one attached hydrogen (secondary N) is 1. The van der Waals surface area contributed by atoms with E-state index < -0.39 is 0 Å². The van der Waals surface area contributed by atoms with Crippen LogP contribution in [-0.4, -0.2) is 35.6 Å². The minimum Gasteiger partial charge on any atom is -0.315 e. The Bertz CT molecular complexity index is 576. The second-order valence-electron chi connectivity index (χ2n) is 6.06. The predicted octanol–water partition coefficient (Wildman–Crippen LogP) is 3.04. The molecule has 106 valence electrons. The molecule has 0 saturated carbocycles. The number of benzene rings is 1. The maximum Gasteiger partial charge on any atom is 0.111 e. The van der Waals surface area contributed by atoms with Crippen LogP contribution in [0.4, 0.5) is 0 Å². The molecule has 3 heterocycles. The summed E-state index contributed by atoms with van der Waals surface area (Å²) in [4.78, 5) is 7.54. The first kappa shape index (κ1) is 12.7. The number of thiazole rings is 1. The molecule has 4 heteroatoms. The number of fused-ring (bicyclic) bond motifs is 2. The Morgan fingerprint density at radius 2 is 2.25 bits per heavy atom. The Balaban J connectivity index is 1.63. The van der Waals surface area contributed by atoms with Gasteiger partial charge < -0.3 is 5.32 Å². The van der Waals surface area contributed by atoms with Crippen LogP contribution in [0.25, 0.3) is 10.2 Å². The van der Waals surface area contributed by atoms with Crippen LogP contribution in [-0.2, 0) is 0 Å². The van der Waals surface area contributed by atoms with E-state index in [-0.39, 0.29) is 0 Å². The van der Waals surface area contributed by atoms with Crippen LogP contribution in [0.3, 0.4) is 0 Å². The molecule has 2 aliphatic heterocycles. The number of nitrogens with zero attached hydrogens (tertiary/aromatic N) is 2. The topological polar surface area (TPSA) is 28.2 Å². The lowest BCUT2D eigenvalue weighted by atomic mass is 9.91. The van der Waals surface area contributed by atoms with E-state index in [1.165, 1.54) is 35.6 Å². The third-order valence-electron chi connectivity index (χ3n) is 4.89. The SMILES string of the molecule is CC(c1nc2ccccc2s1)N1CCCC2CNCC21. The minimum absolute atomic E-state index is 0.445. The normalized spacial score (nSPS) is 28.6. The Hall–Kier alpha value is -0.970. The van der Waals surface area contributed by atoms with Crippen LogP contribution < -0.4 is 5.32 Å². The van der Waals surface area contributed by atoms with E-state index in [2.05, 4.69) is 41.4 Å². The summed E-state index contributed by atoms with van der Waals surface area (Å²) in [7, 11) is 0. The number of aromatic nitrogens is 1. The van der Waals surface area contributed by atoms with E-state index in [0.29, 0.717) is 12.1 Å². The molecule has 0 radical (unpaired) electrons. The molecule has 2 fully saturated rings. The van der Waals surface area contributed by atoms with E-state index in [1.54, 1.807) is 0 Å². The summed E-state index contributed by atoms with van der Waals surface area (Å²) in [6.45, 7) is 5.91. The maximum absolute atomic E-state index is 4.86. The lowest BCUT2D eigenvalue weighted by Gasteiger charge is -2.40. The molecule has 2 aliphatic rings. The molecule has 3 unspecified atom stereocenters. The van der Waals surface area contributed by atoms with E-state index in [4.69, 9.17) is 4.98 Å². The van der Waals surface area contributed by atoms with Gasteiger partial charge in [0.2, 0.25) is 0 Å². The Morgan fingerprint density at radius 1 is 1.35 bits per heavy atom. The van der Waals surface area contributed by atoms with Gasteiger partial charge in [0, 0.05) is 12.6 Å². The highest BCUT2D eigenvalue weighted by molar-refractivity contribution is 7.18. The summed E-state index contributed by atoms with van der Waals surface area (Å²) in [6.07, 6.45) is 2.72. The van der Waals surface area contributed by atoms with Gasteiger partial charge in [-0.15, -0.1) is 11.3 Å². The van der Waals surface area contributed by atoms with Crippen LogP contribution in [0, 0.1) is 5.92 Å². The summed E-state index contributed by atoms with van der Waals surface area (Å²) >= 11 is 1.86. The molecule has 3 atom stereocenters. The molecule has 1 aromatic heterocycles. The van der Waals surface area contributed by atoms with Crippen molar-refractivity contribution in [3.8, 4) is 0 Å². The van der Waals surface area contributed by atoms with E-state index in [9.17, 15) is 0 Å². The molecular weight excluding hydrogens is 266 g/mol. The zero-order chi connectivity index (χ0) is 13.5. The molecule has 3 nitrogen and oxygen atoms in total. The predicted molar refractivity (Wildman–Crippen MR) is 84.1 cm³/mol. The molecule has 4 rings (SSSR count). The van der Waals surface area contributed by atoms with Crippen molar-refractivity contribution >= 4 is 21.6 Å². The summed E-state index contributed by atoms with van der Waals surface area (Å²) in [6, 6.07) is 9.64. The lowest BCUT2D eigenvalue weighted by molar-refractivity contribution is 0.0847. The first-order chi connectivity index (χ1) is 9.83. The van der Waals surface area contributed by atoms with Gasteiger partial charge in [-0.25, -0.2) is 4.98 Å². The molecule has 1 N–H and O–H groups in total. The zero-order valence-corrected chi connectivity index (χ0v) is 12.7. The van der Waals surface area contributed by atoms with Crippen molar-refractivity contribution in [2.24, 2.45) is 5.92 Å². The third kappa shape index (κ3) is 2.07. The number of hydrogen-bond acceptors (Lipinski definition) is 4. The molecular formula is C16H21N3S. The van der Waals surface area contributed by atoms with E-state index in [0.717, 1.165) is 18.0 Å². The Morgan fingerprint density at radius 3 is 3.15 bits per heavy atom. The minimum atomic E-state index is 0.445. The van der Waals surface area contributed by atoms with Crippen LogP contribution >= 0.6 is 11.3 Å². The summed E-state index contributed by atoms with van der Waals surface area (Å²) in [5, 5.41) is 4.85. The van der Waals surface area contributed by atoms with Crippen LogP contribution in [0.15, 0.2) is 24.3 Å². The van der Waals surface area contributed by atoms with Gasteiger partial charge in [0.15, 0.2) is 0 Å². The van der Waals surface area contributed by atoms with Crippen molar-refractivity contribution in [3.05, 3.63) is 29.3 Å². The molecule has 0 aliphatic carbocycles. The quantitative estimate of drug-likeness (QED) is 0.920. The standard InChI is InChI=1S/C16H21N3S/c1-11(16-18-13-6-2-3-7-15(13)20-16)19-8-4-5-12-9-17-10-14(12)19/h2-3,6-7,11-12,14,17H,4-5,8-10H2,1H3. The van der Waals surface area contributed by atoms with Gasteiger partial charge in [-0.05, 0) is 50.9 Å². The molecule has 20 heavy (non-hydrogen) atoms. The second kappa shape index (κ2) is 5.10. The first-order valence-electron chi connectivity index (χ1n) is 7.65. The highest BCUT2D eigenvalue weighted by Crippen LogP contribution is 2.36. The van der Waals surface area contributed by atoms with Crippen molar-refractivity contribution < 1.29 is 0 Å². The first-order valence-corrected chi connectivity index (χ1v) is 8.46. The van der Waals surface area contributed by atoms with Crippen LogP contribution in [0.2, 0.25) is 0 Å². The van der Waals surface area contributed by atoms with Crippen molar-refractivity contribution in [2.75, 3.05) is 19.6 Å². The zero-order valence-electron chi connectivity index (χ0n) is 11.9. The van der Waals surface area contributed by atoms with E-state index >= 15 is 0 Å². The largest absolute Gasteiger partial charge is 0.315 e. The van der Waals surface area contributed by atoms with Gasteiger partial charge in [-0.3, -0.25) is 4.90 Å². The fraction of sp³-hybridized carbons (Fsp3) is 0.562. The number of rotatable bonds is 2. The van der Waals surface area contributed by atoms with Gasteiger partial charge in [0.1, 0.15) is 5.01 Å². The Labute approximate surface area is 124 Å². The highest BCUT2D eigenvalue weighted by Gasteiger charge is 2.37. The second-order valence-corrected chi connectivity index (χ2v) is 7.12. The Kier molecular flexibility index (Phi) is 3.25. The molecule has 0 spiro atoms. The van der Waals surface area contributed by atoms with Crippen LogP contribution in [0.5, 0.6) is 0 Å². The summed E-state index contributed by atoms with van der Waals surface area (Å²) in [5.41, 5.74) is 1.15. The molecule has 1 aromatic carbocycles. The van der Waals surface area contributed by atoms with Gasteiger partial charge in [0.05, 0.1) is 16.3 Å². The number of para-hydroxylation sites is 1. The van der Waals surface area contributed by atoms with Crippen molar-refractivity contribution in [1.82, 2.24) is 15.2 Å². The van der Waals surface area contributed by atoms with E-state index in [1.807, 2.05) is 11.3 Å². The number of hydrogen-bond donors (Lipinski definition) is 1. The fourth-order valence-electron chi connectivity index (χ4n) is 3.80. The van der Waals surface area contributed by atoms with Crippen molar-refractivity contribution in [3.63, 3.8) is 0 Å². The third-order valence-corrected chi connectivity index (χ3v) is 6.09. The van der Waals surface area contributed by atoms with Crippen molar-refractivity contribution in [2.45, 2.75) is 31.8 Å². The number of likely N-dealkylation sites (tertiary alicyclic amines) is 1. The molecule has 0 amide bonds. The average Bonchev–Trinajstić information content (AvgIpc) is 3.12. The monoisotopic (exact) mass is 287 g/mol. The fourth-order valence-corrected chi connectivity index (χ4v) is 4.84. The van der Waals surface area contributed by atoms with Gasteiger partial charge in [0.25, 0.3) is 0 Å². The smallest absolute Gasteiger partial charge is 0.111 e. The van der Waals surface area contributed by atoms with Gasteiger partial charge in [-0.2, -0.15) is 0 Å². The number of piperidine rings is 1. The average molecular weight is 287 g/mol. The van der Waals surface area contributed by atoms with Gasteiger partial charge >= 0.3 is 0 Å². The molecule has 2 saturated heterocycles. The van der Waals surface area contributed by atoms with Crippen molar-refractivity contribution in [1.29, 1.82) is 0 Å². The van der Waals surface area contributed by atoms with Gasteiger partial charge in [-0.1, -0.05) is 12.1 Å². The van der Waals surface area contributed by atoms with Crippen LogP contribution in [0.1, 0.15) is 30.8 Å². The lowest BCUT2D eigenvalue weighted by Crippen LogP contribution is -2.46. The highest BCUT2D eigenvalue weighted by atomic mass is 32.1. The molecule has 2 aromatic rings.